The van der Waals surface area contributed by atoms with Crippen molar-refractivity contribution in [3.8, 4) is 5.75 Å². The average Bonchev–Trinajstić information content (AvgIpc) is 2.66. The van der Waals surface area contributed by atoms with Crippen LogP contribution in [0.1, 0.15) is 38.4 Å². The van der Waals surface area contributed by atoms with Crippen LogP contribution in [0, 0.1) is 0 Å². The van der Waals surface area contributed by atoms with Gasteiger partial charge in [-0.3, -0.25) is 0 Å². The van der Waals surface area contributed by atoms with Crippen LogP contribution >= 0.6 is 0 Å². The van der Waals surface area contributed by atoms with E-state index in [2.05, 4.69) is 0 Å². The lowest BCUT2D eigenvalue weighted by atomic mass is 9.69. The first-order valence-corrected chi connectivity index (χ1v) is 8.85. The normalized spacial score (nSPS) is 26.6. The number of hydrogen-bond donors (Lipinski definition) is 1. The van der Waals surface area contributed by atoms with Crippen LogP contribution in [0.3, 0.4) is 0 Å². The molecule has 0 aliphatic heterocycles. The van der Waals surface area contributed by atoms with Crippen molar-refractivity contribution in [1.29, 1.82) is 0 Å². The lowest BCUT2D eigenvalue weighted by Crippen LogP contribution is -2.83. The summed E-state index contributed by atoms with van der Waals surface area (Å²) in [5.74, 6) is -36.0. The van der Waals surface area contributed by atoms with Crippen molar-refractivity contribution in [2.45, 2.75) is 74.2 Å². The van der Waals surface area contributed by atoms with Crippen molar-refractivity contribution in [2.75, 3.05) is 0 Å². The number of aliphatic hydroxyl groups is 1. The van der Waals surface area contributed by atoms with Gasteiger partial charge in [-0.1, -0.05) is 25.1 Å². The number of aliphatic hydroxyl groups excluding tert-OH is 1. The molecule has 0 aromatic heterocycles. The van der Waals surface area contributed by atoms with Gasteiger partial charge in [-0.05, 0) is 19.4 Å². The van der Waals surface area contributed by atoms with E-state index in [9.17, 15) is 53.4 Å². The predicted octanol–water partition coefficient (Wildman–Crippen LogP) is 6.19. The molecule has 1 N–H and O–H groups in total. The highest BCUT2D eigenvalue weighted by atomic mass is 19.4. The molecule has 2 atom stereocenters. The molecule has 1 saturated carbocycles. The highest BCUT2D eigenvalue weighted by Gasteiger charge is 3.00. The van der Waals surface area contributed by atoms with Crippen molar-refractivity contribution in [1.82, 2.24) is 0 Å². The van der Waals surface area contributed by atoms with E-state index in [4.69, 9.17) is 4.74 Å². The number of ether oxygens (including phenoxy) is 1. The van der Waals surface area contributed by atoms with Gasteiger partial charge >= 0.3 is 29.6 Å². The highest BCUT2D eigenvalue weighted by Crippen LogP contribution is 2.70. The Bertz CT molecular complexity index is 779. The largest absolute Gasteiger partial charge is 0.490 e. The van der Waals surface area contributed by atoms with E-state index in [0.717, 1.165) is 18.2 Å². The molecule has 13 heteroatoms. The molecule has 178 valence electrons. The van der Waals surface area contributed by atoms with Crippen LogP contribution in [-0.2, 0) is 0 Å². The number of rotatable bonds is 6. The first-order valence-electron chi connectivity index (χ1n) is 8.85. The van der Waals surface area contributed by atoms with Crippen LogP contribution < -0.4 is 4.74 Å². The molecular formula is C18H17F11O2. The molecule has 2 unspecified atom stereocenters. The standard InChI is InChI=1S/C18H17F11O2/c1-3-9(2)31-12-7-5-4-6-10(12)11(30)8-13(19)14(20,21)16(24,25)18(28,29)17(26,27)15(13,22)23/h4-7,9,11,30H,3,8H2,1-2H3. The maximum absolute atomic E-state index is 14.9. The molecule has 31 heavy (non-hydrogen) atoms. The Morgan fingerprint density at radius 2 is 1.19 bits per heavy atom. The third-order valence-electron chi connectivity index (χ3n) is 5.23. The number of alkyl halides is 11. The summed E-state index contributed by atoms with van der Waals surface area (Å²) in [6.45, 7) is 3.13. The Balaban J connectivity index is 2.60. The summed E-state index contributed by atoms with van der Waals surface area (Å²) in [5, 5.41) is 10.1. The summed E-state index contributed by atoms with van der Waals surface area (Å²) in [6.07, 6.45) is -5.83. The lowest BCUT2D eigenvalue weighted by Gasteiger charge is -2.52. The Labute approximate surface area is 169 Å². The Morgan fingerprint density at radius 3 is 1.65 bits per heavy atom. The van der Waals surface area contributed by atoms with Gasteiger partial charge in [0, 0.05) is 12.0 Å². The average molecular weight is 474 g/mol. The fourth-order valence-corrected chi connectivity index (χ4v) is 3.08. The first-order chi connectivity index (χ1) is 13.8. The van der Waals surface area contributed by atoms with Crippen LogP contribution in [0.15, 0.2) is 24.3 Å². The lowest BCUT2D eigenvalue weighted by molar-refractivity contribution is -0.487. The minimum atomic E-state index is -7.29. The molecule has 1 aromatic rings. The zero-order chi connectivity index (χ0) is 24.3. The number of hydrogen-bond acceptors (Lipinski definition) is 2. The van der Waals surface area contributed by atoms with Crippen LogP contribution in [0.25, 0.3) is 0 Å². The molecule has 0 saturated heterocycles. The van der Waals surface area contributed by atoms with Gasteiger partial charge in [-0.25, -0.2) is 4.39 Å². The predicted molar refractivity (Wildman–Crippen MR) is 85.0 cm³/mol. The molecule has 1 aliphatic carbocycles. The van der Waals surface area contributed by atoms with E-state index in [1.807, 2.05) is 0 Å². The summed E-state index contributed by atoms with van der Waals surface area (Å²) in [7, 11) is 0. The SMILES string of the molecule is CCC(C)Oc1ccccc1C(O)CC1(F)C(F)(F)C(F)(F)C(F)(F)C(F)(F)C1(F)F. The van der Waals surface area contributed by atoms with Gasteiger partial charge in [0.2, 0.25) is 0 Å². The zero-order valence-corrected chi connectivity index (χ0v) is 15.9. The summed E-state index contributed by atoms with van der Waals surface area (Å²) < 4.78 is 157. The second-order valence-electron chi connectivity index (χ2n) is 7.27. The van der Waals surface area contributed by atoms with Gasteiger partial charge in [0.05, 0.1) is 12.2 Å². The first kappa shape index (κ1) is 25.5. The minimum Gasteiger partial charge on any atom is -0.490 e. The Morgan fingerprint density at radius 1 is 0.774 bits per heavy atom. The highest BCUT2D eigenvalue weighted by molar-refractivity contribution is 5.36. The van der Waals surface area contributed by atoms with Gasteiger partial charge in [0.15, 0.2) is 0 Å². The van der Waals surface area contributed by atoms with Crippen molar-refractivity contribution in [3.63, 3.8) is 0 Å². The molecule has 2 nitrogen and oxygen atoms in total. The molecule has 1 fully saturated rings. The molecule has 0 heterocycles. The van der Waals surface area contributed by atoms with E-state index >= 15 is 0 Å². The van der Waals surface area contributed by atoms with E-state index in [-0.39, 0.29) is 5.75 Å². The quantitative estimate of drug-likeness (QED) is 0.499. The minimum absolute atomic E-state index is 0.348. The summed E-state index contributed by atoms with van der Waals surface area (Å²) in [4.78, 5) is 0. The van der Waals surface area contributed by atoms with Gasteiger partial charge in [-0.2, -0.15) is 43.9 Å². The molecule has 0 bridgehead atoms. The van der Waals surface area contributed by atoms with Gasteiger partial charge in [-0.15, -0.1) is 0 Å². The molecule has 0 amide bonds. The van der Waals surface area contributed by atoms with Crippen molar-refractivity contribution >= 4 is 0 Å². The maximum atomic E-state index is 14.9. The summed E-state index contributed by atoms with van der Waals surface area (Å²) in [5.41, 5.74) is -6.92. The molecule has 1 aromatic carbocycles. The smallest absolute Gasteiger partial charge is 0.384 e. The van der Waals surface area contributed by atoms with Gasteiger partial charge in [0.25, 0.3) is 5.67 Å². The number of benzene rings is 1. The molecule has 1 aliphatic rings. The Hall–Kier alpha value is -1.79. The second kappa shape index (κ2) is 7.38. The van der Waals surface area contributed by atoms with Gasteiger partial charge in [0.1, 0.15) is 5.75 Å². The number of halogens is 11. The van der Waals surface area contributed by atoms with Crippen LogP contribution in [0.5, 0.6) is 5.75 Å². The van der Waals surface area contributed by atoms with E-state index in [0.29, 0.717) is 6.42 Å². The van der Waals surface area contributed by atoms with E-state index < -0.39 is 59.5 Å². The molecular weight excluding hydrogens is 457 g/mol. The topological polar surface area (TPSA) is 29.5 Å². The van der Waals surface area contributed by atoms with Gasteiger partial charge < -0.3 is 9.84 Å². The van der Waals surface area contributed by atoms with E-state index in [1.54, 1.807) is 6.92 Å². The maximum Gasteiger partial charge on any atom is 0.384 e. The third kappa shape index (κ3) is 3.17. The fourth-order valence-electron chi connectivity index (χ4n) is 3.08. The van der Waals surface area contributed by atoms with Crippen LogP contribution in [0.2, 0.25) is 0 Å². The molecule has 0 spiro atoms. The Kier molecular flexibility index (Phi) is 6.06. The molecule has 2 rings (SSSR count). The monoisotopic (exact) mass is 474 g/mol. The molecule has 0 radical (unpaired) electrons. The van der Waals surface area contributed by atoms with Crippen LogP contribution in [0.4, 0.5) is 48.3 Å². The fraction of sp³-hybridized carbons (Fsp3) is 0.667. The van der Waals surface area contributed by atoms with E-state index in [1.165, 1.54) is 13.0 Å². The number of para-hydroxylation sites is 1. The zero-order valence-electron chi connectivity index (χ0n) is 15.9. The van der Waals surface area contributed by atoms with Crippen molar-refractivity contribution in [3.05, 3.63) is 29.8 Å². The van der Waals surface area contributed by atoms with Crippen LogP contribution in [-0.4, -0.2) is 46.5 Å². The third-order valence-corrected chi connectivity index (χ3v) is 5.23. The van der Waals surface area contributed by atoms with Crippen molar-refractivity contribution in [2.24, 2.45) is 0 Å². The second-order valence-corrected chi connectivity index (χ2v) is 7.27. The summed E-state index contributed by atoms with van der Waals surface area (Å²) in [6, 6.07) is 4.31. The summed E-state index contributed by atoms with van der Waals surface area (Å²) >= 11 is 0. The van der Waals surface area contributed by atoms with Crippen molar-refractivity contribution < 1.29 is 58.1 Å².